The van der Waals surface area contributed by atoms with Crippen molar-refractivity contribution in [2.75, 3.05) is 4.90 Å². The van der Waals surface area contributed by atoms with E-state index in [4.69, 9.17) is 8.83 Å². The predicted molar refractivity (Wildman–Crippen MR) is 222 cm³/mol. The first-order chi connectivity index (χ1) is 26.3. The van der Waals surface area contributed by atoms with Gasteiger partial charge in [-0.1, -0.05) is 133 Å². The second-order valence-corrected chi connectivity index (χ2v) is 13.7. The van der Waals surface area contributed by atoms with Crippen molar-refractivity contribution in [2.24, 2.45) is 0 Å². The van der Waals surface area contributed by atoms with Crippen LogP contribution in [-0.2, 0) is 0 Å². The third kappa shape index (κ3) is 4.75. The molecule has 3 heteroatoms. The second-order valence-electron chi connectivity index (χ2n) is 13.7. The van der Waals surface area contributed by atoms with Crippen LogP contribution in [0.5, 0.6) is 0 Å². The Morgan fingerprint density at radius 2 is 0.943 bits per heavy atom. The SMILES string of the molecule is c1ccc(-c2ccc(N(c3ccc4ccccc4c3)c3ccc4c(c3)oc3c(-c5cccc6c5oc5ccccc56)c5ccccc5cc34)cc2)cc1. The summed E-state index contributed by atoms with van der Waals surface area (Å²) in [6, 6.07) is 66.7. The van der Waals surface area contributed by atoms with Gasteiger partial charge in [0.15, 0.2) is 0 Å². The van der Waals surface area contributed by atoms with Crippen LogP contribution in [0.1, 0.15) is 0 Å². The molecule has 0 N–H and O–H groups in total. The Morgan fingerprint density at radius 3 is 1.81 bits per heavy atom. The van der Waals surface area contributed by atoms with E-state index < -0.39 is 0 Å². The lowest BCUT2D eigenvalue weighted by atomic mass is 9.94. The Kier molecular flexibility index (Phi) is 6.55. The molecule has 11 aromatic rings. The largest absolute Gasteiger partial charge is 0.455 e. The van der Waals surface area contributed by atoms with Gasteiger partial charge < -0.3 is 13.7 Å². The molecule has 9 aromatic carbocycles. The zero-order valence-corrected chi connectivity index (χ0v) is 28.7. The Hall–Kier alpha value is -7.10. The number of fused-ring (bicyclic) bond motifs is 8. The maximum atomic E-state index is 7.01. The molecule has 11 rings (SSSR count). The molecule has 2 aromatic heterocycles. The summed E-state index contributed by atoms with van der Waals surface area (Å²) < 4.78 is 13.6. The third-order valence-electron chi connectivity index (χ3n) is 10.6. The Bertz CT molecular complexity index is 3170. The van der Waals surface area contributed by atoms with Crippen LogP contribution in [0, 0.1) is 0 Å². The number of anilines is 3. The van der Waals surface area contributed by atoms with Crippen LogP contribution in [0.25, 0.3) is 87.7 Å². The number of hydrogen-bond donors (Lipinski definition) is 0. The average Bonchev–Trinajstić information content (AvgIpc) is 3.79. The van der Waals surface area contributed by atoms with E-state index in [9.17, 15) is 0 Å². The van der Waals surface area contributed by atoms with E-state index in [2.05, 4.69) is 181 Å². The van der Waals surface area contributed by atoms with Crippen molar-refractivity contribution < 1.29 is 8.83 Å². The van der Waals surface area contributed by atoms with Crippen molar-refractivity contribution in [3.05, 3.63) is 188 Å². The first-order valence-electron chi connectivity index (χ1n) is 18.0. The number of furan rings is 2. The summed E-state index contributed by atoms with van der Waals surface area (Å²) in [5.74, 6) is 0. The van der Waals surface area contributed by atoms with E-state index in [1.807, 2.05) is 12.1 Å². The van der Waals surface area contributed by atoms with Gasteiger partial charge in [-0.25, -0.2) is 0 Å². The predicted octanol–water partition coefficient (Wildman–Crippen LogP) is 14.6. The third-order valence-corrected chi connectivity index (χ3v) is 10.6. The molecule has 2 heterocycles. The second kappa shape index (κ2) is 11.7. The molecule has 0 bridgehead atoms. The van der Waals surface area contributed by atoms with Crippen molar-refractivity contribution in [1.82, 2.24) is 0 Å². The van der Waals surface area contributed by atoms with Crippen molar-refractivity contribution in [2.45, 2.75) is 0 Å². The summed E-state index contributed by atoms with van der Waals surface area (Å²) in [5.41, 5.74) is 11.0. The molecule has 53 heavy (non-hydrogen) atoms. The van der Waals surface area contributed by atoms with Gasteiger partial charge in [0.05, 0.1) is 0 Å². The summed E-state index contributed by atoms with van der Waals surface area (Å²) in [7, 11) is 0. The number of benzene rings is 9. The lowest BCUT2D eigenvalue weighted by Crippen LogP contribution is -2.09. The molecule has 0 saturated carbocycles. The fraction of sp³-hybridized carbons (Fsp3) is 0. The summed E-state index contributed by atoms with van der Waals surface area (Å²) >= 11 is 0. The van der Waals surface area contributed by atoms with Gasteiger partial charge in [-0.15, -0.1) is 0 Å². The van der Waals surface area contributed by atoms with E-state index in [-0.39, 0.29) is 0 Å². The molecule has 3 nitrogen and oxygen atoms in total. The Morgan fingerprint density at radius 1 is 0.321 bits per heavy atom. The van der Waals surface area contributed by atoms with Gasteiger partial charge in [-0.3, -0.25) is 0 Å². The molecule has 0 amide bonds. The van der Waals surface area contributed by atoms with Crippen molar-refractivity contribution in [3.63, 3.8) is 0 Å². The summed E-state index contributed by atoms with van der Waals surface area (Å²) in [6.45, 7) is 0. The van der Waals surface area contributed by atoms with Gasteiger partial charge in [0.2, 0.25) is 0 Å². The van der Waals surface area contributed by atoms with Gasteiger partial charge >= 0.3 is 0 Å². The fourth-order valence-corrected chi connectivity index (χ4v) is 8.11. The van der Waals surface area contributed by atoms with Crippen LogP contribution in [0.2, 0.25) is 0 Å². The van der Waals surface area contributed by atoms with Gasteiger partial charge in [0.25, 0.3) is 0 Å². The van der Waals surface area contributed by atoms with E-state index in [0.717, 1.165) is 82.8 Å². The molecule has 0 saturated heterocycles. The Labute approximate surface area is 305 Å². The van der Waals surface area contributed by atoms with Crippen LogP contribution in [0.4, 0.5) is 17.1 Å². The number of hydrogen-bond acceptors (Lipinski definition) is 3. The topological polar surface area (TPSA) is 29.5 Å². The molecule has 248 valence electrons. The van der Waals surface area contributed by atoms with Crippen LogP contribution >= 0.6 is 0 Å². The minimum atomic E-state index is 0.831. The lowest BCUT2D eigenvalue weighted by molar-refractivity contribution is 0.665. The summed E-state index contributed by atoms with van der Waals surface area (Å²) in [6.07, 6.45) is 0. The highest BCUT2D eigenvalue weighted by Gasteiger charge is 2.22. The maximum absolute atomic E-state index is 7.01. The molecule has 0 fully saturated rings. The van der Waals surface area contributed by atoms with Crippen LogP contribution in [-0.4, -0.2) is 0 Å². The molecule has 0 spiro atoms. The summed E-state index contributed by atoms with van der Waals surface area (Å²) in [4.78, 5) is 2.32. The van der Waals surface area contributed by atoms with E-state index >= 15 is 0 Å². The normalized spacial score (nSPS) is 11.8. The number of rotatable bonds is 5. The Balaban J connectivity index is 1.13. The minimum absolute atomic E-state index is 0.831. The van der Waals surface area contributed by atoms with Crippen molar-refractivity contribution >= 4 is 82.5 Å². The van der Waals surface area contributed by atoms with Crippen LogP contribution < -0.4 is 4.90 Å². The molecular formula is C50H31NO2. The fourth-order valence-electron chi connectivity index (χ4n) is 8.11. The number of para-hydroxylation sites is 2. The van der Waals surface area contributed by atoms with Gasteiger partial charge in [-0.2, -0.15) is 0 Å². The van der Waals surface area contributed by atoms with Gasteiger partial charge in [0.1, 0.15) is 22.3 Å². The summed E-state index contributed by atoms with van der Waals surface area (Å²) in [5, 5.41) is 9.06. The van der Waals surface area contributed by atoms with E-state index in [1.165, 1.54) is 21.9 Å². The highest BCUT2D eigenvalue weighted by Crippen LogP contribution is 2.46. The quantitative estimate of drug-likeness (QED) is 0.182. The molecule has 0 unspecified atom stereocenters. The molecule has 0 aliphatic heterocycles. The molecular weight excluding hydrogens is 647 g/mol. The zero-order chi connectivity index (χ0) is 34.9. The number of nitrogens with zero attached hydrogens (tertiary/aromatic N) is 1. The highest BCUT2D eigenvalue weighted by atomic mass is 16.3. The molecule has 0 atom stereocenters. The standard InChI is InChI=1S/C50H31NO2/c1-2-11-32(12-3-1)34-21-24-37(25-22-34)51(38-26-23-33-13-4-5-14-35(33)29-38)39-27-28-42-45-30-36-15-6-7-16-40(36)48(50(45)53-47(42)31-39)44-19-10-18-43-41-17-8-9-20-46(41)52-49(43)44/h1-31H. The minimum Gasteiger partial charge on any atom is -0.455 e. The monoisotopic (exact) mass is 677 g/mol. The maximum Gasteiger partial charge on any atom is 0.144 e. The molecule has 0 aliphatic carbocycles. The average molecular weight is 678 g/mol. The van der Waals surface area contributed by atoms with Gasteiger partial charge in [-0.05, 0) is 81.2 Å². The van der Waals surface area contributed by atoms with Crippen molar-refractivity contribution in [1.29, 1.82) is 0 Å². The van der Waals surface area contributed by atoms with Crippen molar-refractivity contribution in [3.8, 4) is 22.3 Å². The smallest absolute Gasteiger partial charge is 0.144 e. The first kappa shape index (κ1) is 29.6. The molecule has 0 radical (unpaired) electrons. The molecule has 0 aliphatic rings. The van der Waals surface area contributed by atoms with Crippen LogP contribution in [0.15, 0.2) is 197 Å². The van der Waals surface area contributed by atoms with Gasteiger partial charge in [0, 0.05) is 55.8 Å². The van der Waals surface area contributed by atoms with E-state index in [1.54, 1.807) is 0 Å². The zero-order valence-electron chi connectivity index (χ0n) is 28.7. The van der Waals surface area contributed by atoms with Crippen LogP contribution in [0.3, 0.4) is 0 Å². The van der Waals surface area contributed by atoms with E-state index in [0.29, 0.717) is 0 Å². The first-order valence-corrected chi connectivity index (χ1v) is 18.0. The highest BCUT2D eigenvalue weighted by molar-refractivity contribution is 6.22. The lowest BCUT2D eigenvalue weighted by Gasteiger charge is -2.26.